The maximum atomic E-state index is 13.2. The van der Waals surface area contributed by atoms with E-state index in [-0.39, 0.29) is 23.6 Å². The second kappa shape index (κ2) is 11.5. The molecule has 1 atom stereocenters. The molecule has 170 valence electrons. The molecule has 6 heteroatoms. The van der Waals surface area contributed by atoms with Crippen molar-refractivity contribution in [1.29, 1.82) is 0 Å². The van der Waals surface area contributed by atoms with Crippen LogP contribution in [0.4, 0.5) is 10.5 Å². The molecule has 32 heavy (non-hydrogen) atoms. The van der Waals surface area contributed by atoms with Gasteiger partial charge in [-0.25, -0.2) is 4.79 Å². The molecule has 0 saturated carbocycles. The van der Waals surface area contributed by atoms with Crippen molar-refractivity contribution in [2.75, 3.05) is 18.4 Å². The number of piperidine rings is 1. The highest BCUT2D eigenvalue weighted by molar-refractivity contribution is 5.98. The molecule has 3 amide bonds. The third-order valence-corrected chi connectivity index (χ3v) is 5.96. The maximum absolute atomic E-state index is 13.2. The standard InChI is InChI=1S/C26H33N3O3/c1-3-4-13-23(28-26(32)27-22-12-8-9-19(2)18-22)25(31)29-16-14-21(15-17-29)24(30)20-10-6-5-7-11-20/h5-12,18,21,23H,3-4,13-17H2,1-2H3,(H2,27,28,32)/t23-/m1/s1. The Hall–Kier alpha value is -3.15. The highest BCUT2D eigenvalue weighted by Crippen LogP contribution is 2.23. The Morgan fingerprint density at radius 2 is 1.75 bits per heavy atom. The zero-order chi connectivity index (χ0) is 22.9. The number of carbonyl (C=O) groups is 3. The molecule has 0 spiro atoms. The number of Topliss-reactive ketones (excluding diaryl/α,β-unsaturated/α-hetero) is 1. The molecule has 1 heterocycles. The average molecular weight is 436 g/mol. The second-order valence-corrected chi connectivity index (χ2v) is 8.49. The number of hydrogen-bond acceptors (Lipinski definition) is 3. The number of hydrogen-bond donors (Lipinski definition) is 2. The van der Waals surface area contributed by atoms with Gasteiger partial charge in [0.05, 0.1) is 0 Å². The molecule has 3 rings (SSSR count). The van der Waals surface area contributed by atoms with E-state index in [4.69, 9.17) is 0 Å². The van der Waals surface area contributed by atoms with Gasteiger partial charge in [0.1, 0.15) is 6.04 Å². The number of likely N-dealkylation sites (tertiary alicyclic amines) is 1. The van der Waals surface area contributed by atoms with Gasteiger partial charge in [-0.1, -0.05) is 62.2 Å². The van der Waals surface area contributed by atoms with Crippen LogP contribution in [0, 0.1) is 12.8 Å². The second-order valence-electron chi connectivity index (χ2n) is 8.49. The third kappa shape index (κ3) is 6.42. The van der Waals surface area contributed by atoms with Gasteiger partial charge in [0.15, 0.2) is 5.78 Å². The van der Waals surface area contributed by atoms with Crippen LogP contribution in [0.25, 0.3) is 0 Å². The fourth-order valence-corrected chi connectivity index (χ4v) is 4.13. The molecule has 0 radical (unpaired) electrons. The molecule has 6 nitrogen and oxygen atoms in total. The molecule has 1 fully saturated rings. The van der Waals surface area contributed by atoms with Crippen molar-refractivity contribution < 1.29 is 14.4 Å². The quantitative estimate of drug-likeness (QED) is 0.585. The summed E-state index contributed by atoms with van der Waals surface area (Å²) in [5.74, 6) is 0.0208. The van der Waals surface area contributed by atoms with Gasteiger partial charge in [-0.15, -0.1) is 0 Å². The van der Waals surface area contributed by atoms with E-state index in [9.17, 15) is 14.4 Å². The van der Waals surface area contributed by atoms with Gasteiger partial charge in [0.2, 0.25) is 5.91 Å². The van der Waals surface area contributed by atoms with Crippen molar-refractivity contribution in [2.24, 2.45) is 5.92 Å². The number of aryl methyl sites for hydroxylation is 1. The molecule has 0 unspecified atom stereocenters. The van der Waals surface area contributed by atoms with Gasteiger partial charge in [-0.3, -0.25) is 9.59 Å². The Morgan fingerprint density at radius 3 is 2.41 bits per heavy atom. The number of nitrogens with zero attached hydrogens (tertiary/aromatic N) is 1. The van der Waals surface area contributed by atoms with Crippen LogP contribution in [0.2, 0.25) is 0 Å². The Bertz CT molecular complexity index is 921. The monoisotopic (exact) mass is 435 g/mol. The summed E-state index contributed by atoms with van der Waals surface area (Å²) in [6, 6.07) is 15.9. The largest absolute Gasteiger partial charge is 0.341 e. The lowest BCUT2D eigenvalue weighted by atomic mass is 9.88. The average Bonchev–Trinajstić information content (AvgIpc) is 2.81. The van der Waals surface area contributed by atoms with Crippen LogP contribution in [-0.2, 0) is 4.79 Å². The molecule has 0 bridgehead atoms. The summed E-state index contributed by atoms with van der Waals surface area (Å²) in [6.07, 6.45) is 3.69. The summed E-state index contributed by atoms with van der Waals surface area (Å²) in [7, 11) is 0. The zero-order valence-electron chi connectivity index (χ0n) is 19.0. The minimum absolute atomic E-state index is 0.0619. The van der Waals surface area contributed by atoms with Crippen LogP contribution in [-0.4, -0.2) is 41.8 Å². The summed E-state index contributed by atoms with van der Waals surface area (Å²) in [4.78, 5) is 40.3. The van der Waals surface area contributed by atoms with Crippen LogP contribution < -0.4 is 10.6 Å². The number of carbonyl (C=O) groups excluding carboxylic acids is 3. The number of anilines is 1. The fourth-order valence-electron chi connectivity index (χ4n) is 4.13. The first-order valence-corrected chi connectivity index (χ1v) is 11.5. The molecule has 0 aliphatic carbocycles. The van der Waals surface area contributed by atoms with Gasteiger partial charge in [-0.2, -0.15) is 0 Å². The van der Waals surface area contributed by atoms with Crippen molar-refractivity contribution in [3.63, 3.8) is 0 Å². The van der Waals surface area contributed by atoms with Gasteiger partial charge < -0.3 is 15.5 Å². The minimum Gasteiger partial charge on any atom is -0.341 e. The number of urea groups is 1. The molecule has 1 saturated heterocycles. The van der Waals surface area contributed by atoms with E-state index in [1.807, 2.05) is 61.5 Å². The SMILES string of the molecule is CCCC[C@@H](NC(=O)Nc1cccc(C)c1)C(=O)N1CCC(C(=O)c2ccccc2)CC1. The minimum atomic E-state index is -0.568. The lowest BCUT2D eigenvalue weighted by molar-refractivity contribution is -0.134. The first-order valence-electron chi connectivity index (χ1n) is 11.5. The van der Waals surface area contributed by atoms with E-state index in [0.29, 0.717) is 38.0 Å². The summed E-state index contributed by atoms with van der Waals surface area (Å²) < 4.78 is 0. The van der Waals surface area contributed by atoms with Crippen LogP contribution in [0.3, 0.4) is 0 Å². The van der Waals surface area contributed by atoms with Crippen LogP contribution >= 0.6 is 0 Å². The van der Waals surface area contributed by atoms with Crippen LogP contribution in [0.15, 0.2) is 54.6 Å². The predicted octanol–water partition coefficient (Wildman–Crippen LogP) is 4.80. The maximum Gasteiger partial charge on any atom is 0.319 e. The zero-order valence-corrected chi connectivity index (χ0v) is 19.0. The first-order chi connectivity index (χ1) is 15.5. The summed E-state index contributed by atoms with van der Waals surface area (Å²) >= 11 is 0. The van der Waals surface area contributed by atoms with E-state index >= 15 is 0 Å². The number of amides is 3. The normalized spacial score (nSPS) is 15.1. The van der Waals surface area contributed by atoms with Crippen molar-refractivity contribution in [3.05, 3.63) is 65.7 Å². The molecule has 1 aliphatic heterocycles. The number of nitrogens with one attached hydrogen (secondary N) is 2. The van der Waals surface area contributed by atoms with Gasteiger partial charge in [0.25, 0.3) is 0 Å². The van der Waals surface area contributed by atoms with E-state index in [0.717, 1.165) is 24.0 Å². The Morgan fingerprint density at radius 1 is 1.03 bits per heavy atom. The molecule has 1 aliphatic rings. The van der Waals surface area contributed by atoms with Crippen LogP contribution in [0.5, 0.6) is 0 Å². The van der Waals surface area contributed by atoms with Crippen molar-refractivity contribution in [3.8, 4) is 0 Å². The summed E-state index contributed by atoms with van der Waals surface area (Å²) in [6.45, 7) is 5.09. The fraction of sp³-hybridized carbons (Fsp3) is 0.423. The molecular formula is C26H33N3O3. The lowest BCUT2D eigenvalue weighted by Gasteiger charge is -2.34. The highest BCUT2D eigenvalue weighted by atomic mass is 16.2. The molecule has 2 aromatic carbocycles. The molecule has 2 aromatic rings. The number of rotatable bonds is 8. The van der Waals surface area contributed by atoms with Crippen LogP contribution in [0.1, 0.15) is 54.9 Å². The summed E-state index contributed by atoms with van der Waals surface area (Å²) in [5, 5.41) is 5.69. The number of ketones is 1. The van der Waals surface area contributed by atoms with E-state index in [1.54, 1.807) is 4.90 Å². The third-order valence-electron chi connectivity index (χ3n) is 5.96. The molecule has 0 aromatic heterocycles. The highest BCUT2D eigenvalue weighted by Gasteiger charge is 2.31. The Kier molecular flexibility index (Phi) is 8.42. The lowest BCUT2D eigenvalue weighted by Crippen LogP contribution is -2.52. The number of benzene rings is 2. The predicted molar refractivity (Wildman–Crippen MR) is 127 cm³/mol. The van der Waals surface area contributed by atoms with Gasteiger partial charge >= 0.3 is 6.03 Å². The van der Waals surface area contributed by atoms with Crippen molar-refractivity contribution >= 4 is 23.4 Å². The smallest absolute Gasteiger partial charge is 0.319 e. The van der Waals surface area contributed by atoms with E-state index in [1.165, 1.54) is 0 Å². The molecular weight excluding hydrogens is 402 g/mol. The van der Waals surface area contributed by atoms with Gasteiger partial charge in [0, 0.05) is 30.3 Å². The van der Waals surface area contributed by atoms with E-state index in [2.05, 4.69) is 17.6 Å². The first kappa shape index (κ1) is 23.5. The van der Waals surface area contributed by atoms with Gasteiger partial charge in [-0.05, 0) is 43.9 Å². The topological polar surface area (TPSA) is 78.5 Å². The van der Waals surface area contributed by atoms with Crippen molar-refractivity contribution in [1.82, 2.24) is 10.2 Å². The van der Waals surface area contributed by atoms with Crippen molar-refractivity contribution in [2.45, 2.75) is 52.0 Å². The number of unbranched alkanes of at least 4 members (excludes halogenated alkanes) is 1. The Balaban J connectivity index is 1.57. The Labute approximate surface area is 190 Å². The van der Waals surface area contributed by atoms with E-state index < -0.39 is 6.04 Å². The molecule has 2 N–H and O–H groups in total. The summed E-state index contributed by atoms with van der Waals surface area (Å²) in [5.41, 5.74) is 2.48.